The van der Waals surface area contributed by atoms with Crippen LogP contribution in [0.1, 0.15) is 29.8 Å². The molecule has 0 bridgehead atoms. The first-order chi connectivity index (χ1) is 13.2. The van der Waals surface area contributed by atoms with E-state index in [1.54, 1.807) is 13.0 Å². The molecule has 2 aromatic carbocycles. The number of aryl methyl sites for hydroxylation is 1. The lowest BCUT2D eigenvalue weighted by atomic mass is 10.2. The van der Waals surface area contributed by atoms with Gasteiger partial charge in [0.05, 0.1) is 16.1 Å². The zero-order valence-corrected chi connectivity index (χ0v) is 16.5. The number of likely N-dealkylation sites (N-methyl/N-ethyl adjacent to an activating group) is 1. The summed E-state index contributed by atoms with van der Waals surface area (Å²) in [7, 11) is -4.07. The van der Waals surface area contributed by atoms with Gasteiger partial charge in [0.25, 0.3) is 15.9 Å². The molecule has 0 radical (unpaired) electrons. The third-order valence-corrected chi connectivity index (χ3v) is 5.35. The third-order valence-electron chi connectivity index (χ3n) is 3.82. The minimum atomic E-state index is -4.07. The molecule has 0 aliphatic rings. The van der Waals surface area contributed by atoms with E-state index in [0.29, 0.717) is 6.54 Å². The summed E-state index contributed by atoms with van der Waals surface area (Å²) in [6.45, 7) is 4.99. The van der Waals surface area contributed by atoms with Crippen LogP contribution in [0.25, 0.3) is 0 Å². The van der Waals surface area contributed by atoms with Crippen LogP contribution in [0.3, 0.4) is 0 Å². The number of hydrogen-bond acceptors (Lipinski definition) is 5. The summed E-state index contributed by atoms with van der Waals surface area (Å²) < 4.78 is 46.0. The Balaban J connectivity index is 2.28. The molecule has 1 atom stereocenters. The largest absolute Gasteiger partial charge is 0.449 e. The Kier molecular flexibility index (Phi) is 6.74. The van der Waals surface area contributed by atoms with E-state index in [2.05, 4.69) is 10.0 Å². The number of anilines is 1. The Bertz CT molecular complexity index is 992. The van der Waals surface area contributed by atoms with Crippen molar-refractivity contribution in [2.45, 2.75) is 31.8 Å². The van der Waals surface area contributed by atoms with E-state index < -0.39 is 33.8 Å². The molecule has 28 heavy (non-hydrogen) atoms. The molecule has 0 spiro atoms. The molecule has 0 aromatic heterocycles. The van der Waals surface area contributed by atoms with E-state index in [1.807, 2.05) is 0 Å². The minimum absolute atomic E-state index is 0.0145. The standard InChI is InChI=1S/C19H21FN2O5S/c1-4-21-18(23)13(3)27-19(24)15-7-5-6-8-16(15)22-28(25,26)17-10-9-14(20)11-12(17)2/h5-11,13,22H,4H2,1-3H3,(H,21,23). The third kappa shape index (κ3) is 5.07. The van der Waals surface area contributed by atoms with Gasteiger partial charge in [0.1, 0.15) is 5.82 Å². The normalized spacial score (nSPS) is 12.1. The van der Waals surface area contributed by atoms with Crippen LogP contribution in [-0.2, 0) is 19.6 Å². The van der Waals surface area contributed by atoms with Crippen LogP contribution in [0.2, 0.25) is 0 Å². The SMILES string of the molecule is CCNC(=O)C(C)OC(=O)c1ccccc1NS(=O)(=O)c1ccc(F)cc1C. The maximum Gasteiger partial charge on any atom is 0.341 e. The van der Waals surface area contributed by atoms with Crippen LogP contribution in [0, 0.1) is 12.7 Å². The summed E-state index contributed by atoms with van der Waals surface area (Å²) in [6.07, 6.45) is -1.04. The highest BCUT2D eigenvalue weighted by Crippen LogP contribution is 2.23. The second-order valence-electron chi connectivity index (χ2n) is 6.00. The average molecular weight is 408 g/mol. The van der Waals surface area contributed by atoms with E-state index in [9.17, 15) is 22.4 Å². The quantitative estimate of drug-likeness (QED) is 0.686. The molecule has 2 rings (SSSR count). The Labute approximate surface area is 163 Å². The van der Waals surface area contributed by atoms with E-state index >= 15 is 0 Å². The second-order valence-corrected chi connectivity index (χ2v) is 7.65. The molecule has 9 heteroatoms. The van der Waals surface area contributed by atoms with Gasteiger partial charge < -0.3 is 10.1 Å². The van der Waals surface area contributed by atoms with Crippen molar-refractivity contribution in [1.29, 1.82) is 0 Å². The van der Waals surface area contributed by atoms with Crippen molar-refractivity contribution in [3.8, 4) is 0 Å². The highest BCUT2D eigenvalue weighted by molar-refractivity contribution is 7.92. The van der Waals surface area contributed by atoms with E-state index in [0.717, 1.165) is 18.2 Å². The van der Waals surface area contributed by atoms with E-state index in [1.165, 1.54) is 32.0 Å². The summed E-state index contributed by atoms with van der Waals surface area (Å²) in [5.41, 5.74) is 0.152. The van der Waals surface area contributed by atoms with Gasteiger partial charge in [-0.25, -0.2) is 17.6 Å². The fraction of sp³-hybridized carbons (Fsp3) is 0.263. The first-order valence-electron chi connectivity index (χ1n) is 8.52. The van der Waals surface area contributed by atoms with Crippen molar-refractivity contribution in [3.05, 3.63) is 59.4 Å². The van der Waals surface area contributed by atoms with Crippen LogP contribution in [0.4, 0.5) is 10.1 Å². The van der Waals surface area contributed by atoms with Gasteiger partial charge in [0.15, 0.2) is 6.10 Å². The van der Waals surface area contributed by atoms with Crippen molar-refractivity contribution in [3.63, 3.8) is 0 Å². The number of nitrogens with one attached hydrogen (secondary N) is 2. The molecule has 2 N–H and O–H groups in total. The van der Waals surface area contributed by atoms with Crippen LogP contribution in [-0.4, -0.2) is 32.9 Å². The minimum Gasteiger partial charge on any atom is -0.449 e. The van der Waals surface area contributed by atoms with Gasteiger partial charge in [-0.05, 0) is 56.7 Å². The fourth-order valence-electron chi connectivity index (χ4n) is 2.46. The summed E-state index contributed by atoms with van der Waals surface area (Å²) in [6, 6.07) is 9.13. The number of benzene rings is 2. The molecule has 7 nitrogen and oxygen atoms in total. The smallest absolute Gasteiger partial charge is 0.341 e. The van der Waals surface area contributed by atoms with Gasteiger partial charge >= 0.3 is 5.97 Å². The van der Waals surface area contributed by atoms with Gasteiger partial charge in [-0.15, -0.1) is 0 Å². The summed E-state index contributed by atoms with van der Waals surface area (Å²) >= 11 is 0. The molecule has 150 valence electrons. The van der Waals surface area contributed by atoms with Crippen LogP contribution in [0.5, 0.6) is 0 Å². The predicted octanol–water partition coefficient (Wildman–Crippen LogP) is 2.62. The summed E-state index contributed by atoms with van der Waals surface area (Å²) in [4.78, 5) is 24.1. The van der Waals surface area contributed by atoms with Crippen molar-refractivity contribution < 1.29 is 27.1 Å². The van der Waals surface area contributed by atoms with Gasteiger partial charge in [-0.3, -0.25) is 9.52 Å². The first kappa shape index (κ1) is 21.4. The molecule has 0 heterocycles. The number of amides is 1. The summed E-state index contributed by atoms with van der Waals surface area (Å²) in [5, 5.41) is 2.53. The number of esters is 1. The molecule has 0 saturated heterocycles. The van der Waals surface area contributed by atoms with Crippen LogP contribution in [0.15, 0.2) is 47.4 Å². The van der Waals surface area contributed by atoms with Gasteiger partial charge in [0.2, 0.25) is 0 Å². The number of hydrogen-bond donors (Lipinski definition) is 2. The number of carbonyl (C=O) groups excluding carboxylic acids is 2. The molecule has 0 saturated carbocycles. The zero-order valence-electron chi connectivity index (χ0n) is 15.7. The van der Waals surface area contributed by atoms with Gasteiger partial charge in [-0.1, -0.05) is 12.1 Å². The highest BCUT2D eigenvalue weighted by atomic mass is 32.2. The Morgan fingerprint density at radius 3 is 2.50 bits per heavy atom. The molecule has 1 unspecified atom stereocenters. The number of ether oxygens (including phenoxy) is 1. The molecule has 0 aliphatic heterocycles. The van der Waals surface area contributed by atoms with E-state index in [4.69, 9.17) is 4.74 Å². The first-order valence-corrected chi connectivity index (χ1v) is 10.0. The average Bonchev–Trinajstić information content (AvgIpc) is 2.61. The highest BCUT2D eigenvalue weighted by Gasteiger charge is 2.23. The number of halogens is 1. The number of carbonyl (C=O) groups is 2. The van der Waals surface area contributed by atoms with Crippen molar-refractivity contribution >= 4 is 27.6 Å². The maximum atomic E-state index is 13.3. The van der Waals surface area contributed by atoms with Crippen molar-refractivity contribution in [2.75, 3.05) is 11.3 Å². The van der Waals surface area contributed by atoms with E-state index in [-0.39, 0.29) is 21.7 Å². The Hall–Kier alpha value is -2.94. The molecule has 1 amide bonds. The van der Waals surface area contributed by atoms with Crippen LogP contribution >= 0.6 is 0 Å². The van der Waals surface area contributed by atoms with Crippen molar-refractivity contribution in [1.82, 2.24) is 5.32 Å². The lowest BCUT2D eigenvalue weighted by Gasteiger charge is -2.16. The summed E-state index contributed by atoms with van der Waals surface area (Å²) in [5.74, 6) is -1.87. The number of para-hydroxylation sites is 1. The molecule has 2 aromatic rings. The molecular formula is C19H21FN2O5S. The van der Waals surface area contributed by atoms with Gasteiger partial charge in [0, 0.05) is 6.54 Å². The lowest BCUT2D eigenvalue weighted by Crippen LogP contribution is -2.35. The number of sulfonamides is 1. The van der Waals surface area contributed by atoms with Crippen LogP contribution < -0.4 is 10.0 Å². The monoisotopic (exact) mass is 408 g/mol. The Morgan fingerprint density at radius 2 is 1.86 bits per heavy atom. The lowest BCUT2D eigenvalue weighted by molar-refractivity contribution is -0.128. The Morgan fingerprint density at radius 1 is 1.18 bits per heavy atom. The zero-order chi connectivity index (χ0) is 20.9. The molecular weight excluding hydrogens is 387 g/mol. The predicted molar refractivity (Wildman–Crippen MR) is 102 cm³/mol. The van der Waals surface area contributed by atoms with Gasteiger partial charge in [-0.2, -0.15) is 0 Å². The fourth-order valence-corrected chi connectivity index (χ4v) is 3.77. The van der Waals surface area contributed by atoms with Crippen molar-refractivity contribution in [2.24, 2.45) is 0 Å². The maximum absolute atomic E-state index is 13.3. The number of rotatable bonds is 7. The molecule has 0 aliphatic carbocycles. The topological polar surface area (TPSA) is 102 Å². The molecule has 0 fully saturated rings. The second kappa shape index (κ2) is 8.83.